The Labute approximate surface area is 124 Å². The molecular formula is C16H10FN3S. The Kier molecular flexibility index (Phi) is 2.62. The van der Waals surface area contributed by atoms with Crippen molar-refractivity contribution in [3.8, 4) is 5.69 Å². The molecule has 0 amide bonds. The maximum Gasteiger partial charge on any atom is 0.182 e. The van der Waals surface area contributed by atoms with Crippen molar-refractivity contribution in [2.24, 2.45) is 0 Å². The summed E-state index contributed by atoms with van der Waals surface area (Å²) in [5.74, 6) is -0.267. The van der Waals surface area contributed by atoms with Gasteiger partial charge in [0, 0.05) is 11.1 Å². The second-order valence-corrected chi connectivity index (χ2v) is 5.17. The molecule has 2 heterocycles. The largest absolute Gasteiger partial charge is 0.329 e. The molecule has 4 rings (SSSR count). The number of hydrogen-bond donors (Lipinski definition) is 1. The fraction of sp³-hybridized carbons (Fsp3) is 0. The molecule has 0 aliphatic rings. The van der Waals surface area contributed by atoms with Crippen LogP contribution in [0.15, 0.2) is 54.7 Å². The minimum absolute atomic E-state index is 0.267. The van der Waals surface area contributed by atoms with Crippen LogP contribution in [0, 0.1) is 10.6 Å². The average molecular weight is 295 g/mol. The van der Waals surface area contributed by atoms with Gasteiger partial charge in [-0.25, -0.2) is 4.39 Å². The topological polar surface area (TPSA) is 33.6 Å². The van der Waals surface area contributed by atoms with Gasteiger partial charge in [0.1, 0.15) is 5.82 Å². The van der Waals surface area contributed by atoms with Crippen LogP contribution < -0.4 is 0 Å². The Hall–Kier alpha value is -2.53. The minimum atomic E-state index is -0.267. The van der Waals surface area contributed by atoms with Crippen LogP contribution in [-0.4, -0.2) is 14.5 Å². The van der Waals surface area contributed by atoms with Gasteiger partial charge in [0.25, 0.3) is 0 Å². The Morgan fingerprint density at radius 1 is 1.05 bits per heavy atom. The summed E-state index contributed by atoms with van der Waals surface area (Å²) in [4.78, 5) is 7.57. The van der Waals surface area contributed by atoms with E-state index in [1.165, 1.54) is 12.1 Å². The van der Waals surface area contributed by atoms with Gasteiger partial charge in [0.15, 0.2) is 4.77 Å². The molecular weight excluding hydrogens is 285 g/mol. The lowest BCUT2D eigenvalue weighted by Crippen LogP contribution is -1.95. The van der Waals surface area contributed by atoms with E-state index in [0.29, 0.717) is 4.77 Å². The van der Waals surface area contributed by atoms with Crippen LogP contribution in [0.4, 0.5) is 4.39 Å². The number of fused-ring (bicyclic) bond motifs is 3. The van der Waals surface area contributed by atoms with Gasteiger partial charge in [0.2, 0.25) is 0 Å². The standard InChI is InChI=1S/C16H10FN3S/c17-10-5-7-11(8-6-10)20-15-12-3-1-2-4-13(12)18-9-14(15)19-16(20)21/h1-9H,(H,19,21). The van der Waals surface area contributed by atoms with Crippen molar-refractivity contribution >= 4 is 34.2 Å². The summed E-state index contributed by atoms with van der Waals surface area (Å²) in [6.07, 6.45) is 1.77. The molecule has 0 aliphatic heterocycles. The number of hydrogen-bond acceptors (Lipinski definition) is 2. The fourth-order valence-electron chi connectivity index (χ4n) is 2.57. The van der Waals surface area contributed by atoms with Crippen LogP contribution in [0.2, 0.25) is 0 Å². The average Bonchev–Trinajstić information content (AvgIpc) is 2.85. The molecule has 0 saturated carbocycles. The van der Waals surface area contributed by atoms with E-state index in [1.807, 2.05) is 28.8 Å². The van der Waals surface area contributed by atoms with E-state index in [9.17, 15) is 4.39 Å². The lowest BCUT2D eigenvalue weighted by atomic mass is 10.2. The minimum Gasteiger partial charge on any atom is -0.329 e. The summed E-state index contributed by atoms with van der Waals surface area (Å²) in [7, 11) is 0. The summed E-state index contributed by atoms with van der Waals surface area (Å²) >= 11 is 5.42. The van der Waals surface area contributed by atoms with Gasteiger partial charge in [0.05, 0.1) is 22.7 Å². The SMILES string of the molecule is Fc1ccc(-n2c(=S)[nH]c3cnc4ccccc4c32)cc1. The number of rotatable bonds is 1. The van der Waals surface area contributed by atoms with E-state index < -0.39 is 0 Å². The first-order valence-corrected chi connectivity index (χ1v) is 6.89. The number of nitrogens with one attached hydrogen (secondary N) is 1. The molecule has 102 valence electrons. The van der Waals surface area contributed by atoms with Crippen LogP contribution in [0.1, 0.15) is 0 Å². The Bertz CT molecular complexity index is 1020. The van der Waals surface area contributed by atoms with Crippen molar-refractivity contribution in [3.63, 3.8) is 0 Å². The van der Waals surface area contributed by atoms with E-state index in [-0.39, 0.29) is 5.82 Å². The lowest BCUT2D eigenvalue weighted by Gasteiger charge is -2.06. The van der Waals surface area contributed by atoms with Gasteiger partial charge < -0.3 is 4.98 Å². The number of H-pyrrole nitrogens is 1. The molecule has 21 heavy (non-hydrogen) atoms. The van der Waals surface area contributed by atoms with Crippen LogP contribution >= 0.6 is 12.2 Å². The van der Waals surface area contributed by atoms with Gasteiger partial charge >= 0.3 is 0 Å². The number of para-hydroxylation sites is 1. The first-order valence-electron chi connectivity index (χ1n) is 6.48. The van der Waals surface area contributed by atoms with Gasteiger partial charge in [-0.05, 0) is 42.5 Å². The van der Waals surface area contributed by atoms with Crippen molar-refractivity contribution in [1.29, 1.82) is 0 Å². The number of pyridine rings is 1. The third-order valence-electron chi connectivity index (χ3n) is 3.50. The quantitative estimate of drug-likeness (QED) is 0.529. The molecule has 0 spiro atoms. The van der Waals surface area contributed by atoms with Gasteiger partial charge in [-0.15, -0.1) is 0 Å². The Balaban J connectivity index is 2.17. The molecule has 1 N–H and O–H groups in total. The summed E-state index contributed by atoms with van der Waals surface area (Å²) in [5, 5.41) is 1.01. The van der Waals surface area contributed by atoms with E-state index >= 15 is 0 Å². The molecule has 0 radical (unpaired) electrons. The maximum absolute atomic E-state index is 13.1. The maximum atomic E-state index is 13.1. The van der Waals surface area contributed by atoms with Crippen LogP contribution in [0.3, 0.4) is 0 Å². The van der Waals surface area contributed by atoms with Crippen LogP contribution in [0.25, 0.3) is 27.6 Å². The highest BCUT2D eigenvalue weighted by atomic mass is 32.1. The zero-order chi connectivity index (χ0) is 14.4. The third kappa shape index (κ3) is 1.86. The smallest absolute Gasteiger partial charge is 0.182 e. The highest BCUT2D eigenvalue weighted by Gasteiger charge is 2.10. The summed E-state index contributed by atoms with van der Waals surface area (Å²) in [6.45, 7) is 0. The van der Waals surface area contributed by atoms with E-state index in [4.69, 9.17) is 12.2 Å². The van der Waals surface area contributed by atoms with Crippen molar-refractivity contribution in [2.75, 3.05) is 0 Å². The van der Waals surface area contributed by atoms with Gasteiger partial charge in [-0.2, -0.15) is 0 Å². The van der Waals surface area contributed by atoms with Crippen molar-refractivity contribution in [2.45, 2.75) is 0 Å². The molecule has 0 fully saturated rings. The molecule has 2 aromatic heterocycles. The van der Waals surface area contributed by atoms with Crippen molar-refractivity contribution in [3.05, 3.63) is 65.3 Å². The second kappa shape index (κ2) is 4.49. The van der Waals surface area contributed by atoms with Crippen molar-refractivity contribution in [1.82, 2.24) is 14.5 Å². The van der Waals surface area contributed by atoms with Gasteiger partial charge in [-0.3, -0.25) is 9.55 Å². The Morgan fingerprint density at radius 3 is 2.62 bits per heavy atom. The highest BCUT2D eigenvalue weighted by molar-refractivity contribution is 7.71. The monoisotopic (exact) mass is 295 g/mol. The number of aromatic nitrogens is 3. The van der Waals surface area contributed by atoms with E-state index in [0.717, 1.165) is 27.6 Å². The molecule has 0 aliphatic carbocycles. The number of imidazole rings is 1. The number of halogens is 1. The lowest BCUT2D eigenvalue weighted by molar-refractivity contribution is 0.627. The first-order chi connectivity index (χ1) is 10.2. The second-order valence-electron chi connectivity index (χ2n) is 4.78. The molecule has 3 nitrogen and oxygen atoms in total. The van der Waals surface area contributed by atoms with Crippen LogP contribution in [-0.2, 0) is 0 Å². The predicted octanol–water partition coefficient (Wildman–Crippen LogP) is 4.38. The summed E-state index contributed by atoms with van der Waals surface area (Å²) in [5.41, 5.74) is 3.54. The molecule has 4 aromatic rings. The molecule has 0 unspecified atom stereocenters. The molecule has 5 heteroatoms. The zero-order valence-corrected chi connectivity index (χ0v) is 11.7. The van der Waals surface area contributed by atoms with E-state index in [1.54, 1.807) is 18.3 Å². The molecule has 0 bridgehead atoms. The number of benzene rings is 2. The first kappa shape index (κ1) is 12.2. The highest BCUT2D eigenvalue weighted by Crippen LogP contribution is 2.26. The fourth-order valence-corrected chi connectivity index (χ4v) is 2.87. The third-order valence-corrected chi connectivity index (χ3v) is 3.78. The zero-order valence-electron chi connectivity index (χ0n) is 10.9. The van der Waals surface area contributed by atoms with Crippen molar-refractivity contribution < 1.29 is 4.39 Å². The molecule has 0 atom stereocenters. The Morgan fingerprint density at radius 2 is 1.81 bits per heavy atom. The van der Waals surface area contributed by atoms with E-state index in [2.05, 4.69) is 9.97 Å². The molecule has 2 aromatic carbocycles. The number of aromatic amines is 1. The summed E-state index contributed by atoms with van der Waals surface area (Å²) < 4.78 is 15.6. The van der Waals surface area contributed by atoms with Gasteiger partial charge in [-0.1, -0.05) is 18.2 Å². The number of nitrogens with zero attached hydrogens (tertiary/aromatic N) is 2. The predicted molar refractivity (Wildman–Crippen MR) is 83.7 cm³/mol. The molecule has 0 saturated heterocycles. The normalized spacial score (nSPS) is 11.3. The van der Waals surface area contributed by atoms with Crippen LogP contribution in [0.5, 0.6) is 0 Å². The summed E-state index contributed by atoms with van der Waals surface area (Å²) in [6, 6.07) is 14.2.